The molecule has 10 atom stereocenters. The minimum atomic E-state index is 0.0550. The molecule has 0 spiro atoms. The van der Waals surface area contributed by atoms with Gasteiger partial charge >= 0.3 is 0 Å². The van der Waals surface area contributed by atoms with E-state index in [0.29, 0.717) is 11.8 Å². The molecule has 3 heteroatoms. The molecule has 5 fully saturated rings. The van der Waals surface area contributed by atoms with Gasteiger partial charge in [0.2, 0.25) is 0 Å². The van der Waals surface area contributed by atoms with E-state index in [1.54, 1.807) is 0 Å². The van der Waals surface area contributed by atoms with E-state index in [9.17, 15) is 5.11 Å². The number of nitrogens with one attached hydrogen (secondary N) is 2. The van der Waals surface area contributed by atoms with Gasteiger partial charge in [-0.2, -0.15) is 0 Å². The van der Waals surface area contributed by atoms with E-state index >= 15 is 0 Å². The second-order valence-corrected chi connectivity index (χ2v) is 10.1. The van der Waals surface area contributed by atoms with E-state index in [0.717, 1.165) is 67.6 Å². The lowest BCUT2D eigenvalue weighted by molar-refractivity contribution is -0.0646. The minimum absolute atomic E-state index is 0.0550. The van der Waals surface area contributed by atoms with Gasteiger partial charge in [0, 0.05) is 25.7 Å². The highest BCUT2D eigenvalue weighted by atomic mass is 16.3. The Labute approximate surface area is 158 Å². The summed E-state index contributed by atoms with van der Waals surface area (Å²) in [4.78, 5) is 0. The third-order valence-electron chi connectivity index (χ3n) is 8.73. The summed E-state index contributed by atoms with van der Waals surface area (Å²) >= 11 is 0. The molecule has 0 saturated heterocycles. The fraction of sp³-hybridized carbons (Fsp3) is 0.826. The van der Waals surface area contributed by atoms with Crippen molar-refractivity contribution in [2.75, 3.05) is 19.6 Å². The molecule has 0 radical (unpaired) electrons. The number of hydrogen-bond acceptors (Lipinski definition) is 3. The average molecular weight is 357 g/mol. The predicted molar refractivity (Wildman–Crippen MR) is 106 cm³/mol. The first-order valence-corrected chi connectivity index (χ1v) is 11.0. The van der Waals surface area contributed by atoms with E-state index in [2.05, 4.69) is 43.6 Å². The lowest BCUT2D eigenvalue weighted by Gasteiger charge is -2.49. The fourth-order valence-electron chi connectivity index (χ4n) is 8.12. The van der Waals surface area contributed by atoms with Crippen LogP contribution in [0.1, 0.15) is 40.0 Å². The molecule has 0 aromatic carbocycles. The molecule has 0 aromatic rings. The van der Waals surface area contributed by atoms with Gasteiger partial charge in [-0.05, 0) is 87.4 Å². The molecule has 5 aliphatic carbocycles. The van der Waals surface area contributed by atoms with Crippen molar-refractivity contribution in [2.45, 2.75) is 52.2 Å². The summed E-state index contributed by atoms with van der Waals surface area (Å²) in [7, 11) is 0. The lowest BCUT2D eigenvalue weighted by atomic mass is 9.58. The number of aliphatic hydroxyl groups is 1. The molecule has 2 bridgehead atoms. The van der Waals surface area contributed by atoms with Crippen molar-refractivity contribution in [3.63, 3.8) is 0 Å². The quantitative estimate of drug-likeness (QED) is 0.440. The molecule has 0 unspecified atom stereocenters. The Morgan fingerprint density at radius 2 is 1.69 bits per heavy atom. The van der Waals surface area contributed by atoms with Crippen LogP contribution in [-0.4, -0.2) is 36.9 Å². The summed E-state index contributed by atoms with van der Waals surface area (Å²) in [5.74, 6) is 6.70. The molecule has 0 amide bonds. The molecular formula is C23H36N2O. The Kier molecular flexibility index (Phi) is 4.34. The third kappa shape index (κ3) is 2.36. The lowest BCUT2D eigenvalue weighted by Crippen LogP contribution is -2.56. The maximum atomic E-state index is 10.7. The maximum Gasteiger partial charge on any atom is 0.0608 e. The van der Waals surface area contributed by atoms with Gasteiger partial charge in [0.25, 0.3) is 0 Å². The smallest absolute Gasteiger partial charge is 0.0608 e. The van der Waals surface area contributed by atoms with Crippen molar-refractivity contribution in [1.82, 2.24) is 10.6 Å². The molecule has 0 aliphatic heterocycles. The van der Waals surface area contributed by atoms with Crippen LogP contribution in [0.3, 0.4) is 0 Å². The zero-order chi connectivity index (χ0) is 18.0. The number of allylic oxidation sites excluding steroid dienone is 3. The Bertz CT molecular complexity index is 622. The first-order valence-electron chi connectivity index (χ1n) is 11.0. The highest BCUT2D eigenvalue weighted by molar-refractivity contribution is 5.31. The van der Waals surface area contributed by atoms with Crippen LogP contribution < -0.4 is 10.6 Å². The normalized spacial score (nSPS) is 49.2. The van der Waals surface area contributed by atoms with Gasteiger partial charge in [-0.3, -0.25) is 0 Å². The van der Waals surface area contributed by atoms with Gasteiger partial charge in [0.15, 0.2) is 0 Å². The second kappa shape index (κ2) is 6.46. The van der Waals surface area contributed by atoms with E-state index in [4.69, 9.17) is 0 Å². The van der Waals surface area contributed by atoms with Crippen molar-refractivity contribution >= 4 is 0 Å². The SMILES string of the molecule is CC(C)=CCC/C(C)=C/CNCCN[C@H]1[C@@H]2[C@@H]3[C@@H](O)[C@H]4[C@@H]5C[C@@H]([C@H]2[C@H]53)[C@@H]14. The molecule has 5 aliphatic rings. The monoisotopic (exact) mass is 356 g/mol. The summed E-state index contributed by atoms with van der Waals surface area (Å²) in [6.45, 7) is 9.69. The van der Waals surface area contributed by atoms with Crippen LogP contribution in [0.5, 0.6) is 0 Å². The Hall–Kier alpha value is -0.640. The number of hydrogen-bond donors (Lipinski definition) is 3. The molecule has 0 aromatic heterocycles. The molecule has 3 N–H and O–H groups in total. The van der Waals surface area contributed by atoms with Gasteiger partial charge in [0.1, 0.15) is 0 Å². The molecule has 3 nitrogen and oxygen atoms in total. The minimum Gasteiger partial charge on any atom is -0.393 e. The van der Waals surface area contributed by atoms with E-state index in [-0.39, 0.29) is 6.10 Å². The molecular weight excluding hydrogens is 320 g/mol. The summed E-state index contributed by atoms with van der Waals surface area (Å²) in [6, 6.07) is 0.718. The van der Waals surface area contributed by atoms with E-state index < -0.39 is 0 Å². The summed E-state index contributed by atoms with van der Waals surface area (Å²) in [5.41, 5.74) is 2.90. The van der Waals surface area contributed by atoms with Crippen LogP contribution in [0.25, 0.3) is 0 Å². The van der Waals surface area contributed by atoms with Crippen molar-refractivity contribution < 1.29 is 5.11 Å². The van der Waals surface area contributed by atoms with Crippen molar-refractivity contribution in [3.8, 4) is 0 Å². The van der Waals surface area contributed by atoms with Gasteiger partial charge in [-0.25, -0.2) is 0 Å². The molecule has 0 heterocycles. The summed E-state index contributed by atoms with van der Waals surface area (Å²) in [5, 5.41) is 18.1. The van der Waals surface area contributed by atoms with Crippen LogP contribution in [0, 0.1) is 47.3 Å². The van der Waals surface area contributed by atoms with Crippen LogP contribution in [-0.2, 0) is 0 Å². The Balaban J connectivity index is 1.04. The summed E-state index contributed by atoms with van der Waals surface area (Å²) in [6.07, 6.45) is 8.51. The molecule has 26 heavy (non-hydrogen) atoms. The highest BCUT2D eigenvalue weighted by Gasteiger charge is 2.83. The van der Waals surface area contributed by atoms with Crippen LogP contribution in [0.4, 0.5) is 0 Å². The van der Waals surface area contributed by atoms with Gasteiger partial charge < -0.3 is 15.7 Å². The van der Waals surface area contributed by atoms with Crippen LogP contribution in [0.15, 0.2) is 23.3 Å². The van der Waals surface area contributed by atoms with Crippen molar-refractivity contribution in [3.05, 3.63) is 23.3 Å². The number of aliphatic hydroxyl groups excluding tert-OH is 1. The maximum absolute atomic E-state index is 10.7. The largest absolute Gasteiger partial charge is 0.393 e. The van der Waals surface area contributed by atoms with Crippen molar-refractivity contribution in [1.29, 1.82) is 0 Å². The average Bonchev–Trinajstić information content (AvgIpc) is 3.10. The van der Waals surface area contributed by atoms with Gasteiger partial charge in [0.05, 0.1) is 6.10 Å². The number of rotatable bonds is 9. The zero-order valence-electron chi connectivity index (χ0n) is 16.6. The van der Waals surface area contributed by atoms with Crippen LogP contribution in [0.2, 0.25) is 0 Å². The summed E-state index contributed by atoms with van der Waals surface area (Å²) < 4.78 is 0. The van der Waals surface area contributed by atoms with E-state index in [1.165, 1.54) is 24.0 Å². The second-order valence-electron chi connectivity index (χ2n) is 10.1. The third-order valence-corrected chi connectivity index (χ3v) is 8.73. The fourth-order valence-corrected chi connectivity index (χ4v) is 8.12. The Morgan fingerprint density at radius 3 is 2.50 bits per heavy atom. The van der Waals surface area contributed by atoms with Gasteiger partial charge in [-0.1, -0.05) is 23.3 Å². The first kappa shape index (κ1) is 17.5. The van der Waals surface area contributed by atoms with E-state index in [1.807, 2.05) is 0 Å². The molecule has 5 saturated carbocycles. The molecule has 144 valence electrons. The topological polar surface area (TPSA) is 44.3 Å². The number of fused-ring (bicyclic) bond motifs is 2. The van der Waals surface area contributed by atoms with Gasteiger partial charge in [-0.15, -0.1) is 0 Å². The Morgan fingerprint density at radius 1 is 0.923 bits per heavy atom. The highest BCUT2D eigenvalue weighted by Crippen LogP contribution is 2.82. The molecule has 5 rings (SSSR count). The first-order chi connectivity index (χ1) is 12.6. The standard InChI is InChI=1S/C23H36N2O/c1-12(2)5-4-6-13(3)7-8-24-9-10-25-22-18-14-11-15-17-16(14)20(22)21(17)23(26)19(15)18/h5,7,14-26H,4,6,8-11H2,1-3H3/b13-7+/t14-,15+,16-,17-,18+,19-,20-,21+,22+,23-/m0/s1. The zero-order valence-corrected chi connectivity index (χ0v) is 16.6. The predicted octanol–water partition coefficient (Wildman–Crippen LogP) is 2.98. The van der Waals surface area contributed by atoms with Crippen molar-refractivity contribution in [2.24, 2.45) is 47.3 Å². The van der Waals surface area contributed by atoms with Crippen LogP contribution >= 0.6 is 0 Å².